The Hall–Kier alpha value is -3.97. The summed E-state index contributed by atoms with van der Waals surface area (Å²) in [6.07, 6.45) is 3.51. The SMILES string of the molecule is COc1ccc(Cn2cc3nc4c(-c5ccc(Cl)nc5)cccc4c(N)c3c2O)cc1OC. The maximum absolute atomic E-state index is 11.0. The zero-order valence-corrected chi connectivity index (χ0v) is 18.8. The minimum Gasteiger partial charge on any atom is -0.494 e. The van der Waals surface area contributed by atoms with E-state index in [1.807, 2.05) is 42.5 Å². The lowest BCUT2D eigenvalue weighted by atomic mass is 10.0. The number of hydrogen-bond acceptors (Lipinski definition) is 6. The van der Waals surface area contributed by atoms with Crippen molar-refractivity contribution in [2.45, 2.75) is 6.54 Å². The first-order valence-electron chi connectivity index (χ1n) is 10.2. The molecule has 3 N–H and O–H groups in total. The second kappa shape index (κ2) is 8.18. The summed E-state index contributed by atoms with van der Waals surface area (Å²) in [6, 6.07) is 15.0. The lowest BCUT2D eigenvalue weighted by Gasteiger charge is -2.11. The van der Waals surface area contributed by atoms with Crippen LogP contribution in [0.3, 0.4) is 0 Å². The first-order chi connectivity index (χ1) is 16.0. The Morgan fingerprint density at radius 3 is 2.61 bits per heavy atom. The number of hydrogen-bond donors (Lipinski definition) is 2. The van der Waals surface area contributed by atoms with E-state index in [1.165, 1.54) is 0 Å². The molecule has 0 unspecified atom stereocenters. The van der Waals surface area contributed by atoms with Crippen molar-refractivity contribution >= 4 is 39.1 Å². The zero-order valence-electron chi connectivity index (χ0n) is 18.0. The van der Waals surface area contributed by atoms with Crippen molar-refractivity contribution in [2.24, 2.45) is 0 Å². The summed E-state index contributed by atoms with van der Waals surface area (Å²) < 4.78 is 12.4. The summed E-state index contributed by atoms with van der Waals surface area (Å²) in [6.45, 7) is 0.409. The van der Waals surface area contributed by atoms with E-state index in [-0.39, 0.29) is 5.88 Å². The number of ether oxygens (including phenoxy) is 2. The van der Waals surface area contributed by atoms with Gasteiger partial charge in [0.25, 0.3) is 0 Å². The minimum absolute atomic E-state index is 0.0604. The highest BCUT2D eigenvalue weighted by Crippen LogP contribution is 2.39. The molecule has 0 spiro atoms. The molecular formula is C25H21ClN4O3. The average Bonchev–Trinajstić information content (AvgIpc) is 3.14. The number of nitrogen functional groups attached to an aromatic ring is 1. The van der Waals surface area contributed by atoms with Gasteiger partial charge in [0.05, 0.1) is 42.9 Å². The number of anilines is 1. The van der Waals surface area contributed by atoms with Gasteiger partial charge in [-0.2, -0.15) is 0 Å². The van der Waals surface area contributed by atoms with E-state index in [2.05, 4.69) is 4.98 Å². The molecule has 33 heavy (non-hydrogen) atoms. The van der Waals surface area contributed by atoms with Crippen LogP contribution in [0.5, 0.6) is 17.4 Å². The zero-order chi connectivity index (χ0) is 23.1. The van der Waals surface area contributed by atoms with Crippen molar-refractivity contribution in [3.63, 3.8) is 0 Å². The molecule has 166 valence electrons. The Morgan fingerprint density at radius 2 is 1.88 bits per heavy atom. The third kappa shape index (κ3) is 3.56. The fraction of sp³-hybridized carbons (Fsp3) is 0.120. The van der Waals surface area contributed by atoms with Gasteiger partial charge in [0.1, 0.15) is 5.15 Å². The number of nitrogens with two attached hydrogens (primary N) is 1. The van der Waals surface area contributed by atoms with Crippen LogP contribution in [-0.2, 0) is 6.54 Å². The molecule has 3 heterocycles. The molecular weight excluding hydrogens is 440 g/mol. The number of para-hydroxylation sites is 1. The molecule has 0 aliphatic carbocycles. The Balaban J connectivity index is 1.64. The molecule has 0 atom stereocenters. The number of methoxy groups -OCH3 is 2. The summed E-state index contributed by atoms with van der Waals surface area (Å²) in [5, 5.41) is 12.7. The molecule has 0 radical (unpaired) electrons. The molecule has 0 bridgehead atoms. The number of halogens is 1. The van der Waals surface area contributed by atoms with Gasteiger partial charge in [-0.15, -0.1) is 0 Å². The van der Waals surface area contributed by atoms with Gasteiger partial charge in [-0.3, -0.25) is 0 Å². The molecule has 7 nitrogen and oxygen atoms in total. The third-order valence-corrected chi connectivity index (χ3v) is 5.92. The van der Waals surface area contributed by atoms with Gasteiger partial charge in [0.2, 0.25) is 5.88 Å². The molecule has 0 aliphatic rings. The Kier molecular flexibility index (Phi) is 5.18. The van der Waals surface area contributed by atoms with Crippen LogP contribution in [0.25, 0.3) is 32.9 Å². The summed E-state index contributed by atoms with van der Waals surface area (Å²) in [5.74, 6) is 1.32. The van der Waals surface area contributed by atoms with Crippen molar-refractivity contribution in [3.05, 3.63) is 71.6 Å². The highest BCUT2D eigenvalue weighted by molar-refractivity contribution is 6.29. The normalized spacial score (nSPS) is 11.2. The number of aromatic hydroxyl groups is 1. The van der Waals surface area contributed by atoms with Crippen LogP contribution in [0.1, 0.15) is 5.56 Å². The maximum Gasteiger partial charge on any atom is 0.203 e. The largest absolute Gasteiger partial charge is 0.494 e. The predicted octanol–water partition coefficient (Wildman–Crippen LogP) is 5.26. The van der Waals surface area contributed by atoms with Crippen molar-refractivity contribution in [1.82, 2.24) is 14.5 Å². The quantitative estimate of drug-likeness (QED) is 0.347. The number of nitrogens with zero attached hydrogens (tertiary/aromatic N) is 3. The summed E-state index contributed by atoms with van der Waals surface area (Å²) in [5.41, 5.74) is 11.0. The molecule has 0 aliphatic heterocycles. The molecule has 0 amide bonds. The van der Waals surface area contributed by atoms with Crippen LogP contribution in [0, 0.1) is 0 Å². The number of aromatic nitrogens is 3. The molecule has 0 fully saturated rings. The first kappa shape index (κ1) is 20.9. The molecule has 3 aromatic heterocycles. The van der Waals surface area contributed by atoms with E-state index in [4.69, 9.17) is 31.8 Å². The predicted molar refractivity (Wildman–Crippen MR) is 130 cm³/mol. The van der Waals surface area contributed by atoms with Gasteiger partial charge in [-0.1, -0.05) is 35.9 Å². The van der Waals surface area contributed by atoms with Gasteiger partial charge in [-0.05, 0) is 29.8 Å². The van der Waals surface area contributed by atoms with Crippen molar-refractivity contribution in [1.29, 1.82) is 0 Å². The Bertz CT molecular complexity index is 1500. The molecule has 5 rings (SSSR count). The molecule has 8 heteroatoms. The molecule has 0 saturated carbocycles. The van der Waals surface area contributed by atoms with Gasteiger partial charge in [0, 0.05) is 28.9 Å². The number of pyridine rings is 2. The van der Waals surface area contributed by atoms with Crippen LogP contribution in [0.4, 0.5) is 5.69 Å². The third-order valence-electron chi connectivity index (χ3n) is 5.70. The van der Waals surface area contributed by atoms with E-state index >= 15 is 0 Å². The first-order valence-corrected chi connectivity index (χ1v) is 10.6. The minimum atomic E-state index is 0.0604. The van der Waals surface area contributed by atoms with Gasteiger partial charge < -0.3 is 24.9 Å². The Labute approximate surface area is 195 Å². The molecule has 2 aromatic carbocycles. The van der Waals surface area contributed by atoms with Crippen LogP contribution in [-0.4, -0.2) is 33.9 Å². The fourth-order valence-corrected chi connectivity index (χ4v) is 4.19. The number of rotatable bonds is 5. The smallest absolute Gasteiger partial charge is 0.203 e. The lowest BCUT2D eigenvalue weighted by Crippen LogP contribution is -1.99. The summed E-state index contributed by atoms with van der Waals surface area (Å²) in [4.78, 5) is 9.04. The van der Waals surface area contributed by atoms with Crippen LogP contribution < -0.4 is 15.2 Å². The summed E-state index contributed by atoms with van der Waals surface area (Å²) >= 11 is 5.95. The lowest BCUT2D eigenvalue weighted by molar-refractivity contribution is 0.354. The second-order valence-corrected chi connectivity index (χ2v) is 8.01. The maximum atomic E-state index is 11.0. The topological polar surface area (TPSA) is 95.4 Å². The fourth-order valence-electron chi connectivity index (χ4n) is 4.08. The van der Waals surface area contributed by atoms with E-state index < -0.39 is 0 Å². The van der Waals surface area contributed by atoms with Crippen molar-refractivity contribution in [2.75, 3.05) is 20.0 Å². The van der Waals surface area contributed by atoms with Crippen LogP contribution >= 0.6 is 11.6 Å². The van der Waals surface area contributed by atoms with E-state index in [9.17, 15) is 5.11 Å². The van der Waals surface area contributed by atoms with Crippen molar-refractivity contribution < 1.29 is 14.6 Å². The average molecular weight is 461 g/mol. The van der Waals surface area contributed by atoms with Crippen molar-refractivity contribution in [3.8, 4) is 28.5 Å². The standard InChI is InChI=1S/C25H21ClN4O3/c1-32-19-8-6-14(10-20(19)33-2)12-30-13-18-22(25(30)31)23(27)17-5-3-4-16(24(17)29-18)15-7-9-21(26)28-11-15/h3-11,13,31H,12,27H2,1-2H3. The van der Waals surface area contributed by atoms with Crippen LogP contribution in [0.2, 0.25) is 5.15 Å². The van der Waals surface area contributed by atoms with Gasteiger partial charge in [0.15, 0.2) is 11.5 Å². The van der Waals surface area contributed by atoms with E-state index in [0.29, 0.717) is 39.8 Å². The van der Waals surface area contributed by atoms with Gasteiger partial charge in [-0.25, -0.2) is 9.97 Å². The van der Waals surface area contributed by atoms with Gasteiger partial charge >= 0.3 is 0 Å². The number of fused-ring (bicyclic) bond motifs is 2. The van der Waals surface area contributed by atoms with E-state index in [1.54, 1.807) is 37.2 Å². The van der Waals surface area contributed by atoms with Crippen LogP contribution in [0.15, 0.2) is 60.9 Å². The van der Waals surface area contributed by atoms with E-state index in [0.717, 1.165) is 27.6 Å². The molecule has 0 saturated heterocycles. The highest BCUT2D eigenvalue weighted by Gasteiger charge is 2.18. The second-order valence-electron chi connectivity index (χ2n) is 7.63. The highest BCUT2D eigenvalue weighted by atomic mass is 35.5. The number of benzene rings is 2. The monoisotopic (exact) mass is 460 g/mol. The Morgan fingerprint density at radius 1 is 1.06 bits per heavy atom. The molecule has 5 aromatic rings. The summed E-state index contributed by atoms with van der Waals surface area (Å²) in [7, 11) is 3.18.